The smallest absolute Gasteiger partial charge is 0.191 e. The van der Waals surface area contributed by atoms with Gasteiger partial charge in [-0.2, -0.15) is 0 Å². The lowest BCUT2D eigenvalue weighted by Crippen LogP contribution is -2.38. The van der Waals surface area contributed by atoms with Crippen molar-refractivity contribution in [2.45, 2.75) is 6.54 Å². The molecule has 1 rings (SSSR count). The fourth-order valence-corrected chi connectivity index (χ4v) is 1.49. The summed E-state index contributed by atoms with van der Waals surface area (Å²) >= 11 is 0. The summed E-state index contributed by atoms with van der Waals surface area (Å²) in [6, 6.07) is 6.36. The van der Waals surface area contributed by atoms with E-state index in [0.29, 0.717) is 38.9 Å². The van der Waals surface area contributed by atoms with Crippen LogP contribution in [0.1, 0.15) is 5.56 Å². The average Bonchev–Trinajstić information content (AvgIpc) is 2.47. The Hall–Kier alpha value is -0.930. The van der Waals surface area contributed by atoms with E-state index < -0.39 is 0 Å². The van der Waals surface area contributed by atoms with Crippen LogP contribution in [0, 0.1) is 5.82 Å². The molecule has 0 saturated carbocycles. The standard InChI is InChI=1S/C14H22FN3O2.HI/c1-16-14(17-7-8-20-10-9-19-2)18-11-12-3-5-13(15)6-4-12;/h3-6H,7-11H2,1-2H3,(H2,16,17,18);1H. The Labute approximate surface area is 142 Å². The molecule has 0 aliphatic heterocycles. The number of methoxy groups -OCH3 is 1. The van der Waals surface area contributed by atoms with Crippen molar-refractivity contribution in [3.05, 3.63) is 35.6 Å². The van der Waals surface area contributed by atoms with E-state index in [2.05, 4.69) is 15.6 Å². The number of hydrogen-bond acceptors (Lipinski definition) is 3. The van der Waals surface area contributed by atoms with Gasteiger partial charge >= 0.3 is 0 Å². The maximum Gasteiger partial charge on any atom is 0.191 e. The van der Waals surface area contributed by atoms with Gasteiger partial charge in [0.2, 0.25) is 0 Å². The number of rotatable bonds is 8. The summed E-state index contributed by atoms with van der Waals surface area (Å²) in [5.74, 6) is 0.453. The maximum absolute atomic E-state index is 12.8. The molecule has 7 heteroatoms. The molecule has 0 saturated heterocycles. The van der Waals surface area contributed by atoms with Gasteiger partial charge in [0, 0.05) is 27.2 Å². The number of benzene rings is 1. The first kappa shape index (κ1) is 20.1. The first-order valence-corrected chi connectivity index (χ1v) is 6.52. The summed E-state index contributed by atoms with van der Waals surface area (Å²) < 4.78 is 23.0. The molecule has 5 nitrogen and oxygen atoms in total. The number of ether oxygens (including phenoxy) is 2. The molecule has 21 heavy (non-hydrogen) atoms. The Balaban J connectivity index is 0.00000400. The van der Waals surface area contributed by atoms with E-state index in [-0.39, 0.29) is 29.8 Å². The van der Waals surface area contributed by atoms with Gasteiger partial charge in [-0.15, -0.1) is 24.0 Å². The highest BCUT2D eigenvalue weighted by Crippen LogP contribution is 2.01. The summed E-state index contributed by atoms with van der Waals surface area (Å²) in [6.45, 7) is 3.01. The minimum atomic E-state index is -0.232. The molecule has 0 unspecified atom stereocenters. The molecule has 120 valence electrons. The number of halogens is 2. The summed E-state index contributed by atoms with van der Waals surface area (Å²) in [7, 11) is 3.34. The molecule has 0 fully saturated rings. The maximum atomic E-state index is 12.8. The first-order valence-electron chi connectivity index (χ1n) is 6.52. The third kappa shape index (κ3) is 9.59. The quantitative estimate of drug-likeness (QED) is 0.297. The third-order valence-corrected chi connectivity index (χ3v) is 2.57. The van der Waals surface area contributed by atoms with E-state index >= 15 is 0 Å². The normalized spacial score (nSPS) is 10.9. The zero-order valence-corrected chi connectivity index (χ0v) is 14.7. The molecule has 0 spiro atoms. The van der Waals surface area contributed by atoms with Gasteiger partial charge in [-0.3, -0.25) is 4.99 Å². The van der Waals surface area contributed by atoms with Crippen molar-refractivity contribution in [3.8, 4) is 0 Å². The van der Waals surface area contributed by atoms with Gasteiger partial charge in [-0.05, 0) is 17.7 Å². The van der Waals surface area contributed by atoms with E-state index in [1.807, 2.05) is 0 Å². The number of aliphatic imine (C=N–C) groups is 1. The minimum absolute atomic E-state index is 0. The highest BCUT2D eigenvalue weighted by Gasteiger charge is 1.98. The van der Waals surface area contributed by atoms with Crippen molar-refractivity contribution < 1.29 is 13.9 Å². The van der Waals surface area contributed by atoms with Gasteiger partial charge in [0.1, 0.15) is 5.82 Å². The monoisotopic (exact) mass is 411 g/mol. The number of hydrogen-bond donors (Lipinski definition) is 2. The lowest BCUT2D eigenvalue weighted by Gasteiger charge is -2.12. The molecule has 0 atom stereocenters. The summed E-state index contributed by atoms with van der Waals surface area (Å²) in [6.07, 6.45) is 0. The summed E-state index contributed by atoms with van der Waals surface area (Å²) in [5, 5.41) is 6.27. The van der Waals surface area contributed by atoms with Crippen LogP contribution >= 0.6 is 24.0 Å². The molecular formula is C14H23FIN3O2. The zero-order valence-electron chi connectivity index (χ0n) is 12.4. The van der Waals surface area contributed by atoms with Crippen molar-refractivity contribution in [1.82, 2.24) is 10.6 Å². The van der Waals surface area contributed by atoms with E-state index in [0.717, 1.165) is 5.56 Å². The topological polar surface area (TPSA) is 54.9 Å². The van der Waals surface area contributed by atoms with Gasteiger partial charge < -0.3 is 20.1 Å². The third-order valence-electron chi connectivity index (χ3n) is 2.57. The van der Waals surface area contributed by atoms with Crippen LogP contribution in [0.15, 0.2) is 29.3 Å². The van der Waals surface area contributed by atoms with Crippen molar-refractivity contribution in [2.24, 2.45) is 4.99 Å². The molecular weight excluding hydrogens is 388 g/mol. The second-order valence-corrected chi connectivity index (χ2v) is 4.08. The summed E-state index contributed by atoms with van der Waals surface area (Å²) in [4.78, 5) is 4.09. The van der Waals surface area contributed by atoms with Gasteiger partial charge in [0.15, 0.2) is 5.96 Å². The van der Waals surface area contributed by atoms with Crippen LogP contribution in [-0.2, 0) is 16.0 Å². The largest absolute Gasteiger partial charge is 0.382 e. The molecule has 1 aromatic carbocycles. The lowest BCUT2D eigenvalue weighted by atomic mass is 10.2. The average molecular weight is 411 g/mol. The van der Waals surface area contributed by atoms with Crippen LogP contribution in [0.2, 0.25) is 0 Å². The Morgan fingerprint density at radius 2 is 1.86 bits per heavy atom. The fourth-order valence-electron chi connectivity index (χ4n) is 1.49. The Bertz CT molecular complexity index is 402. The highest BCUT2D eigenvalue weighted by molar-refractivity contribution is 14.0. The predicted molar refractivity (Wildman–Crippen MR) is 92.7 cm³/mol. The van der Waals surface area contributed by atoms with E-state index in [1.165, 1.54) is 12.1 Å². The zero-order chi connectivity index (χ0) is 14.6. The summed E-state index contributed by atoms with van der Waals surface area (Å²) in [5.41, 5.74) is 0.991. The highest BCUT2D eigenvalue weighted by atomic mass is 127. The van der Waals surface area contributed by atoms with Crippen molar-refractivity contribution in [3.63, 3.8) is 0 Å². The molecule has 0 aliphatic carbocycles. The number of guanidine groups is 1. The van der Waals surface area contributed by atoms with Gasteiger partial charge in [-0.25, -0.2) is 4.39 Å². The van der Waals surface area contributed by atoms with E-state index in [9.17, 15) is 4.39 Å². The van der Waals surface area contributed by atoms with Crippen molar-refractivity contribution >= 4 is 29.9 Å². The Kier molecular flexibility index (Phi) is 12.2. The van der Waals surface area contributed by atoms with Gasteiger partial charge in [0.25, 0.3) is 0 Å². The minimum Gasteiger partial charge on any atom is -0.382 e. The lowest BCUT2D eigenvalue weighted by molar-refractivity contribution is 0.0733. The molecule has 0 amide bonds. The van der Waals surface area contributed by atoms with Crippen LogP contribution in [-0.4, -0.2) is 46.5 Å². The second kappa shape index (κ2) is 12.8. The molecule has 2 N–H and O–H groups in total. The first-order chi connectivity index (χ1) is 9.76. The van der Waals surface area contributed by atoms with Crippen LogP contribution in [0.5, 0.6) is 0 Å². The van der Waals surface area contributed by atoms with E-state index in [1.54, 1.807) is 26.3 Å². The molecule has 0 bridgehead atoms. The van der Waals surface area contributed by atoms with E-state index in [4.69, 9.17) is 9.47 Å². The molecule has 1 aromatic rings. The van der Waals surface area contributed by atoms with Crippen molar-refractivity contribution in [2.75, 3.05) is 40.5 Å². The van der Waals surface area contributed by atoms with Crippen LogP contribution in [0.25, 0.3) is 0 Å². The Morgan fingerprint density at radius 3 is 2.48 bits per heavy atom. The van der Waals surface area contributed by atoms with Crippen LogP contribution < -0.4 is 10.6 Å². The SMILES string of the molecule is CN=C(NCCOCCOC)NCc1ccc(F)cc1.I. The predicted octanol–water partition coefficient (Wildman–Crippen LogP) is 1.77. The van der Waals surface area contributed by atoms with Crippen LogP contribution in [0.4, 0.5) is 4.39 Å². The van der Waals surface area contributed by atoms with Crippen molar-refractivity contribution in [1.29, 1.82) is 0 Å². The molecule has 0 heterocycles. The van der Waals surface area contributed by atoms with Gasteiger partial charge in [0.05, 0.1) is 19.8 Å². The van der Waals surface area contributed by atoms with Crippen LogP contribution in [0.3, 0.4) is 0 Å². The molecule has 0 aliphatic rings. The molecule has 0 radical (unpaired) electrons. The number of nitrogens with zero attached hydrogens (tertiary/aromatic N) is 1. The second-order valence-electron chi connectivity index (χ2n) is 4.08. The fraction of sp³-hybridized carbons (Fsp3) is 0.500. The molecule has 0 aromatic heterocycles. The number of nitrogens with one attached hydrogen (secondary N) is 2. The van der Waals surface area contributed by atoms with Gasteiger partial charge in [-0.1, -0.05) is 12.1 Å². The Morgan fingerprint density at radius 1 is 1.14 bits per heavy atom.